The number of nitrogens with zero attached hydrogens (tertiary/aromatic N) is 2. The number of aliphatic hydroxyl groups is 1. The summed E-state index contributed by atoms with van der Waals surface area (Å²) in [5, 5.41) is 25.1. The maximum Gasteiger partial charge on any atom is 0.341 e. The minimum Gasteiger partial charge on any atom is -0.492 e. The van der Waals surface area contributed by atoms with E-state index >= 15 is 13.2 Å². The van der Waals surface area contributed by atoms with E-state index < -0.39 is 63.1 Å². The quantitative estimate of drug-likeness (QED) is 0.180. The molecule has 0 radical (unpaired) electrons. The number of hydrogen-bond acceptors (Lipinski definition) is 6. The number of aromatic nitrogens is 1. The topological polar surface area (TPSA) is 104 Å². The number of halogens is 3. The van der Waals surface area contributed by atoms with Gasteiger partial charge in [0, 0.05) is 31.4 Å². The zero-order chi connectivity index (χ0) is 33.0. The van der Waals surface area contributed by atoms with Gasteiger partial charge in [0.25, 0.3) is 0 Å². The van der Waals surface area contributed by atoms with Crippen molar-refractivity contribution in [3.05, 3.63) is 117 Å². The summed E-state index contributed by atoms with van der Waals surface area (Å²) in [5.41, 5.74) is -1.55. The molecule has 1 saturated heterocycles. The number of nitrogens with one attached hydrogen (secondary N) is 1. The predicted molar refractivity (Wildman–Crippen MR) is 172 cm³/mol. The highest BCUT2D eigenvalue weighted by molar-refractivity contribution is 5.94. The summed E-state index contributed by atoms with van der Waals surface area (Å²) < 4.78 is 54.7. The van der Waals surface area contributed by atoms with Gasteiger partial charge in [0.15, 0.2) is 17.5 Å². The molecule has 242 valence electrons. The standard InChI is InChI=1S/C36H32F3N3O5/c1-19-15-41(33-30(38)29(37)28-32(31(33)39)42(23-11-12-23)17-27(35(28)44)36(45)46)16-22(40-19)18-47-24-13-9-21(10-14-24)34(43)26-8-4-6-20-5-2-3-7-25(20)26/h2-10,13-14,17,19,22-23,34,40,43H,11-12,15-16,18H2,1H3,(H,45,46)/t19-,22-,34-/m1/s1. The first-order chi connectivity index (χ1) is 22.6. The van der Waals surface area contributed by atoms with Gasteiger partial charge in [-0.15, -0.1) is 0 Å². The Hall–Kier alpha value is -4.87. The Bertz CT molecular complexity index is 2070. The Labute approximate surface area is 267 Å². The van der Waals surface area contributed by atoms with Crippen molar-refractivity contribution in [2.75, 3.05) is 24.6 Å². The van der Waals surface area contributed by atoms with Crippen molar-refractivity contribution in [3.8, 4) is 5.75 Å². The Morgan fingerprint density at radius 2 is 1.70 bits per heavy atom. The van der Waals surface area contributed by atoms with E-state index in [1.165, 1.54) is 9.47 Å². The van der Waals surface area contributed by atoms with Crippen LogP contribution in [0.3, 0.4) is 0 Å². The van der Waals surface area contributed by atoms with E-state index in [9.17, 15) is 19.8 Å². The Morgan fingerprint density at radius 1 is 0.979 bits per heavy atom. The van der Waals surface area contributed by atoms with Gasteiger partial charge in [-0.2, -0.15) is 0 Å². The first-order valence-corrected chi connectivity index (χ1v) is 15.5. The highest BCUT2D eigenvalue weighted by Gasteiger charge is 2.36. The van der Waals surface area contributed by atoms with E-state index in [4.69, 9.17) is 4.74 Å². The largest absolute Gasteiger partial charge is 0.492 e. The summed E-state index contributed by atoms with van der Waals surface area (Å²) in [5.74, 6) is -5.27. The molecule has 0 bridgehead atoms. The summed E-state index contributed by atoms with van der Waals surface area (Å²) in [6.07, 6.45) is 1.37. The van der Waals surface area contributed by atoms with E-state index in [0.717, 1.165) is 22.5 Å². The number of aromatic carboxylic acids is 1. The van der Waals surface area contributed by atoms with E-state index in [2.05, 4.69) is 5.32 Å². The second-order valence-corrected chi connectivity index (χ2v) is 12.4. The predicted octanol–water partition coefficient (Wildman–Crippen LogP) is 5.93. The highest BCUT2D eigenvalue weighted by atomic mass is 19.2. The number of anilines is 1. The van der Waals surface area contributed by atoms with Crippen LogP contribution in [-0.4, -0.2) is 52.5 Å². The fourth-order valence-electron chi connectivity index (χ4n) is 6.63. The van der Waals surface area contributed by atoms with E-state index in [1.54, 1.807) is 24.3 Å². The number of piperazine rings is 1. The molecule has 0 spiro atoms. The van der Waals surface area contributed by atoms with Crippen LogP contribution >= 0.6 is 0 Å². The number of fused-ring (bicyclic) bond motifs is 2. The third kappa shape index (κ3) is 5.59. The molecule has 4 aromatic carbocycles. The van der Waals surface area contributed by atoms with Gasteiger partial charge in [0.1, 0.15) is 29.7 Å². The number of carboxylic acid groups (broad SMARTS) is 1. The first-order valence-electron chi connectivity index (χ1n) is 15.5. The molecule has 7 rings (SSSR count). The smallest absolute Gasteiger partial charge is 0.341 e. The number of aliphatic hydroxyl groups excluding tert-OH is 1. The zero-order valence-electron chi connectivity index (χ0n) is 25.4. The van der Waals surface area contributed by atoms with Gasteiger partial charge < -0.3 is 29.7 Å². The van der Waals surface area contributed by atoms with Gasteiger partial charge in [-0.3, -0.25) is 4.79 Å². The van der Waals surface area contributed by atoms with Gasteiger partial charge in [0.2, 0.25) is 5.43 Å². The van der Waals surface area contributed by atoms with Crippen LogP contribution < -0.4 is 20.4 Å². The van der Waals surface area contributed by atoms with E-state index in [1.807, 2.05) is 49.4 Å². The molecule has 3 atom stereocenters. The lowest BCUT2D eigenvalue weighted by molar-refractivity contribution is 0.0694. The number of carboxylic acids is 1. The lowest BCUT2D eigenvalue weighted by atomic mass is 9.96. The summed E-state index contributed by atoms with van der Waals surface area (Å²) in [6, 6.07) is 19.7. The molecule has 1 aliphatic heterocycles. The van der Waals surface area contributed by atoms with Crippen LogP contribution in [0.4, 0.5) is 18.9 Å². The molecule has 1 aromatic heterocycles. The van der Waals surface area contributed by atoms with Crippen molar-refractivity contribution in [2.45, 2.75) is 44.0 Å². The molecule has 2 aliphatic rings. The summed E-state index contributed by atoms with van der Waals surface area (Å²) in [6.45, 7) is 2.17. The van der Waals surface area contributed by atoms with Crippen LogP contribution in [0.2, 0.25) is 0 Å². The summed E-state index contributed by atoms with van der Waals surface area (Å²) in [4.78, 5) is 25.9. The zero-order valence-corrected chi connectivity index (χ0v) is 25.4. The average Bonchev–Trinajstić information content (AvgIpc) is 3.91. The van der Waals surface area contributed by atoms with Crippen LogP contribution in [0, 0.1) is 17.5 Å². The fourth-order valence-corrected chi connectivity index (χ4v) is 6.63. The average molecular weight is 644 g/mol. The van der Waals surface area contributed by atoms with Crippen molar-refractivity contribution < 1.29 is 32.9 Å². The molecular formula is C36H32F3N3O5. The Morgan fingerprint density at radius 3 is 2.43 bits per heavy atom. The molecule has 1 aliphatic carbocycles. The number of benzene rings is 4. The molecular weight excluding hydrogens is 611 g/mol. The molecule has 1 saturated carbocycles. The molecule has 11 heteroatoms. The summed E-state index contributed by atoms with van der Waals surface area (Å²) >= 11 is 0. The lowest BCUT2D eigenvalue weighted by Crippen LogP contribution is -2.58. The molecule has 8 nitrogen and oxygen atoms in total. The lowest BCUT2D eigenvalue weighted by Gasteiger charge is -2.39. The van der Waals surface area contributed by atoms with Crippen LogP contribution in [0.25, 0.3) is 21.7 Å². The van der Waals surface area contributed by atoms with Crippen molar-refractivity contribution >= 4 is 33.3 Å². The maximum atomic E-state index is 16.2. The number of ether oxygens (including phenoxy) is 1. The maximum absolute atomic E-state index is 16.2. The van der Waals surface area contributed by atoms with Crippen LogP contribution in [0.15, 0.2) is 77.7 Å². The molecule has 5 aromatic rings. The van der Waals surface area contributed by atoms with Gasteiger partial charge in [-0.1, -0.05) is 54.6 Å². The number of pyridine rings is 1. The fraction of sp³-hybridized carbons (Fsp3) is 0.278. The molecule has 47 heavy (non-hydrogen) atoms. The normalized spacial score (nSPS) is 18.9. The van der Waals surface area contributed by atoms with E-state index in [0.29, 0.717) is 24.2 Å². The van der Waals surface area contributed by atoms with Crippen molar-refractivity contribution in [3.63, 3.8) is 0 Å². The minimum atomic E-state index is -1.59. The van der Waals surface area contributed by atoms with Gasteiger partial charge in [-0.05, 0) is 53.8 Å². The third-order valence-corrected chi connectivity index (χ3v) is 8.98. The molecule has 2 heterocycles. The van der Waals surface area contributed by atoms with E-state index in [-0.39, 0.29) is 31.8 Å². The van der Waals surface area contributed by atoms with Gasteiger partial charge in [0.05, 0.1) is 16.9 Å². The highest BCUT2D eigenvalue weighted by Crippen LogP contribution is 2.41. The minimum absolute atomic E-state index is 0.0713. The van der Waals surface area contributed by atoms with Crippen molar-refractivity contribution in [1.29, 1.82) is 0 Å². The second kappa shape index (κ2) is 12.1. The first kappa shape index (κ1) is 30.8. The SMILES string of the molecule is C[C@@H]1CN(c2c(F)c(F)c3c(=O)c(C(=O)O)cn(C4CC4)c3c2F)C[C@H](COc2ccc([C@@H](O)c3cccc4ccccc34)cc2)N1. The van der Waals surface area contributed by atoms with Crippen molar-refractivity contribution in [2.24, 2.45) is 0 Å². The Kier molecular flexibility index (Phi) is 7.89. The van der Waals surface area contributed by atoms with Gasteiger partial charge in [-0.25, -0.2) is 18.0 Å². The third-order valence-electron chi connectivity index (χ3n) is 8.98. The van der Waals surface area contributed by atoms with Crippen molar-refractivity contribution in [1.82, 2.24) is 9.88 Å². The molecule has 0 amide bonds. The second-order valence-electron chi connectivity index (χ2n) is 12.4. The molecule has 0 unspecified atom stereocenters. The van der Waals surface area contributed by atoms with Gasteiger partial charge >= 0.3 is 5.97 Å². The molecule has 3 N–H and O–H groups in total. The number of carbonyl (C=O) groups is 1. The molecule has 2 fully saturated rings. The summed E-state index contributed by atoms with van der Waals surface area (Å²) in [7, 11) is 0. The van der Waals surface area contributed by atoms with Crippen LogP contribution in [-0.2, 0) is 0 Å². The van der Waals surface area contributed by atoms with Crippen LogP contribution in [0.5, 0.6) is 5.75 Å². The monoisotopic (exact) mass is 643 g/mol. The number of rotatable bonds is 8. The Balaban J connectivity index is 1.12. The van der Waals surface area contributed by atoms with Crippen LogP contribution in [0.1, 0.15) is 53.4 Å². The number of hydrogen-bond donors (Lipinski definition) is 3.